The molecule has 2 aromatic carbocycles. The van der Waals surface area contributed by atoms with Crippen LogP contribution >= 0.6 is 0 Å². The lowest BCUT2D eigenvalue weighted by Gasteiger charge is -2.37. The SMILES string of the molecule is CC[C@@H]([C@H](C)OC(=O)CN(C)C)n1ncn(-c2ccc(N3CCN(c4ccc(-c5ccc(C(F)(F)C(O)(Cn6cnnn6)c6ccccc6F)nc5)cc4)CC3)cn2)c1=O. The number of pyridine rings is 2. The Labute approximate surface area is 343 Å². The van der Waals surface area contributed by atoms with Crippen LogP contribution in [0.2, 0.25) is 0 Å². The van der Waals surface area contributed by atoms with Gasteiger partial charge in [-0.1, -0.05) is 43.3 Å². The topological polar surface area (TPSA) is 165 Å². The minimum Gasteiger partial charge on any atom is -0.459 e. The number of carbonyl (C=O) groups is 1. The number of piperazine rings is 1. The van der Waals surface area contributed by atoms with E-state index in [-0.39, 0.29) is 18.2 Å². The summed E-state index contributed by atoms with van der Waals surface area (Å²) in [6, 6.07) is 18.4. The van der Waals surface area contributed by atoms with E-state index in [2.05, 4.69) is 40.4 Å². The molecule has 6 aromatic rings. The van der Waals surface area contributed by atoms with Gasteiger partial charge in [0.2, 0.25) is 0 Å². The van der Waals surface area contributed by atoms with E-state index >= 15 is 8.78 Å². The number of aromatic nitrogens is 9. The van der Waals surface area contributed by atoms with Gasteiger partial charge in [0.05, 0.1) is 31.0 Å². The van der Waals surface area contributed by atoms with Crippen molar-refractivity contribution in [1.29, 1.82) is 0 Å². The molecule has 16 nitrogen and oxygen atoms in total. The second-order valence-corrected chi connectivity index (χ2v) is 14.9. The Hall–Kier alpha value is -6.47. The summed E-state index contributed by atoms with van der Waals surface area (Å²) in [5.41, 5.74) is -1.59. The maximum absolute atomic E-state index is 16.2. The maximum Gasteiger partial charge on any atom is 0.351 e. The van der Waals surface area contributed by atoms with E-state index in [9.17, 15) is 19.1 Å². The molecule has 7 rings (SSSR count). The molecule has 19 heteroatoms. The van der Waals surface area contributed by atoms with Gasteiger partial charge in [0.1, 0.15) is 36.1 Å². The van der Waals surface area contributed by atoms with Crippen molar-refractivity contribution in [2.75, 3.05) is 56.6 Å². The Morgan fingerprint density at radius 1 is 0.900 bits per heavy atom. The molecule has 0 bridgehead atoms. The van der Waals surface area contributed by atoms with Gasteiger partial charge in [0.15, 0.2) is 5.60 Å². The standard InChI is InChI=1S/C41H45F3N12O4/c1-5-35(28(2)60-38(57)24-51(3)4)56-39(58)55(27-48-56)37-17-15-32(23-46-37)53-20-18-52(19-21-53)31-13-10-29(11-14-31)30-12-16-36(45-22-30)41(43,44)40(59,25-54-26-47-49-50-54)33-8-6-7-9-34(33)42/h6-17,22-23,26-28,35,59H,5,18-21,24-25H2,1-4H3/t28-,35-,40?/m0/s1. The van der Waals surface area contributed by atoms with Crippen molar-refractivity contribution in [2.45, 2.75) is 50.5 Å². The van der Waals surface area contributed by atoms with Crippen LogP contribution in [0.3, 0.4) is 0 Å². The van der Waals surface area contributed by atoms with Crippen LogP contribution in [0.15, 0.2) is 103 Å². The third-order valence-corrected chi connectivity index (χ3v) is 10.6. The second-order valence-electron chi connectivity index (χ2n) is 14.9. The lowest BCUT2D eigenvalue weighted by Crippen LogP contribution is -2.48. The Morgan fingerprint density at radius 2 is 1.58 bits per heavy atom. The van der Waals surface area contributed by atoms with Crippen molar-refractivity contribution in [3.8, 4) is 16.9 Å². The highest BCUT2D eigenvalue weighted by atomic mass is 19.3. The molecule has 1 N–H and O–H groups in total. The maximum atomic E-state index is 16.2. The van der Waals surface area contributed by atoms with Gasteiger partial charge in [-0.3, -0.25) is 14.7 Å². The van der Waals surface area contributed by atoms with Crippen molar-refractivity contribution >= 4 is 17.3 Å². The summed E-state index contributed by atoms with van der Waals surface area (Å²) in [5, 5.41) is 26.3. The van der Waals surface area contributed by atoms with Gasteiger partial charge in [-0.05, 0) is 79.8 Å². The highest BCUT2D eigenvalue weighted by Gasteiger charge is 2.57. The molecule has 0 spiro atoms. The van der Waals surface area contributed by atoms with E-state index in [0.717, 1.165) is 72.3 Å². The molecule has 0 radical (unpaired) electrons. The number of hydrogen-bond acceptors (Lipinski definition) is 13. The van der Waals surface area contributed by atoms with Crippen LogP contribution in [-0.4, -0.2) is 113 Å². The van der Waals surface area contributed by atoms with Crippen molar-refractivity contribution < 1.29 is 27.8 Å². The van der Waals surface area contributed by atoms with Crippen LogP contribution < -0.4 is 15.5 Å². The Morgan fingerprint density at radius 3 is 2.18 bits per heavy atom. The minimum absolute atomic E-state index is 0.135. The molecule has 1 unspecified atom stereocenters. The lowest BCUT2D eigenvalue weighted by atomic mass is 9.84. The first kappa shape index (κ1) is 41.7. The molecular weight excluding hydrogens is 782 g/mol. The number of benzene rings is 2. The number of nitrogens with zero attached hydrogens (tertiary/aromatic N) is 12. The number of halogens is 3. The molecule has 5 heterocycles. The molecule has 314 valence electrons. The molecule has 1 aliphatic heterocycles. The Kier molecular flexibility index (Phi) is 12.1. The van der Waals surface area contributed by atoms with E-state index in [1.54, 1.807) is 38.2 Å². The van der Waals surface area contributed by atoms with E-state index < -0.39 is 47.3 Å². The quantitative estimate of drug-likeness (QED) is 0.148. The van der Waals surface area contributed by atoms with Crippen LogP contribution in [0.4, 0.5) is 24.5 Å². The zero-order valence-electron chi connectivity index (χ0n) is 33.5. The summed E-state index contributed by atoms with van der Waals surface area (Å²) < 4.78 is 56.5. The molecule has 3 atom stereocenters. The van der Waals surface area contributed by atoms with Gasteiger partial charge in [-0.2, -0.15) is 13.9 Å². The molecule has 0 saturated carbocycles. The summed E-state index contributed by atoms with van der Waals surface area (Å²) in [5.74, 6) is -5.01. The number of aliphatic hydroxyl groups is 1. The average molecular weight is 827 g/mol. The number of likely N-dealkylation sites (N-methyl/N-ethyl adjacent to an activating group) is 1. The zero-order chi connectivity index (χ0) is 42.6. The molecule has 60 heavy (non-hydrogen) atoms. The summed E-state index contributed by atoms with van der Waals surface area (Å²) >= 11 is 0. The van der Waals surface area contributed by atoms with Crippen molar-refractivity contribution in [1.82, 2.24) is 49.4 Å². The third-order valence-electron chi connectivity index (χ3n) is 10.6. The lowest BCUT2D eigenvalue weighted by molar-refractivity contribution is -0.207. The van der Waals surface area contributed by atoms with Crippen molar-refractivity contribution in [3.05, 3.63) is 125 Å². The number of tetrazole rings is 1. The molecule has 1 fully saturated rings. The van der Waals surface area contributed by atoms with Gasteiger partial charge in [0, 0.05) is 49.2 Å². The second kappa shape index (κ2) is 17.4. The highest BCUT2D eigenvalue weighted by Crippen LogP contribution is 2.46. The fourth-order valence-corrected chi connectivity index (χ4v) is 7.38. The third kappa shape index (κ3) is 8.48. The number of rotatable bonds is 15. The van der Waals surface area contributed by atoms with Gasteiger partial charge < -0.3 is 19.6 Å². The first-order chi connectivity index (χ1) is 28.8. The minimum atomic E-state index is -4.04. The van der Waals surface area contributed by atoms with E-state index in [0.29, 0.717) is 17.8 Å². The number of alkyl halides is 2. The molecular formula is C41H45F3N12O4. The fraction of sp³-hybridized carbons (Fsp3) is 0.366. The van der Waals surface area contributed by atoms with E-state index in [1.807, 2.05) is 37.3 Å². The van der Waals surface area contributed by atoms with Gasteiger partial charge in [0.25, 0.3) is 0 Å². The number of hydrogen-bond donors (Lipinski definition) is 1. The largest absolute Gasteiger partial charge is 0.459 e. The van der Waals surface area contributed by atoms with E-state index in [4.69, 9.17) is 4.74 Å². The smallest absolute Gasteiger partial charge is 0.351 e. The Bertz CT molecular complexity index is 2420. The van der Waals surface area contributed by atoms with Crippen LogP contribution in [0, 0.1) is 5.82 Å². The fourth-order valence-electron chi connectivity index (χ4n) is 7.38. The average Bonchev–Trinajstić information content (AvgIpc) is 3.90. The first-order valence-corrected chi connectivity index (χ1v) is 19.4. The summed E-state index contributed by atoms with van der Waals surface area (Å²) in [7, 11) is 3.56. The summed E-state index contributed by atoms with van der Waals surface area (Å²) in [6.07, 6.45) is 5.49. The van der Waals surface area contributed by atoms with Crippen LogP contribution in [0.5, 0.6) is 0 Å². The van der Waals surface area contributed by atoms with Crippen LogP contribution in [0.25, 0.3) is 16.9 Å². The molecule has 1 aliphatic rings. The van der Waals surface area contributed by atoms with Crippen LogP contribution in [0.1, 0.15) is 37.6 Å². The predicted octanol–water partition coefficient (Wildman–Crippen LogP) is 4.07. The van der Waals surface area contributed by atoms with E-state index in [1.165, 1.54) is 40.0 Å². The first-order valence-electron chi connectivity index (χ1n) is 19.4. The zero-order valence-corrected chi connectivity index (χ0v) is 33.5. The highest BCUT2D eigenvalue weighted by molar-refractivity contribution is 5.71. The van der Waals surface area contributed by atoms with Gasteiger partial charge in [-0.25, -0.2) is 28.1 Å². The number of carbonyl (C=O) groups excluding carboxylic acids is 1. The van der Waals surface area contributed by atoms with Crippen molar-refractivity contribution in [2.24, 2.45) is 0 Å². The molecule has 0 amide bonds. The van der Waals surface area contributed by atoms with Gasteiger partial charge >= 0.3 is 17.6 Å². The van der Waals surface area contributed by atoms with Crippen molar-refractivity contribution in [3.63, 3.8) is 0 Å². The van der Waals surface area contributed by atoms with Gasteiger partial charge in [-0.15, -0.1) is 5.10 Å². The molecule has 4 aromatic heterocycles. The number of anilines is 2. The number of esters is 1. The predicted molar refractivity (Wildman–Crippen MR) is 215 cm³/mol. The normalized spacial score (nSPS) is 15.5. The molecule has 1 saturated heterocycles. The monoisotopic (exact) mass is 826 g/mol. The summed E-state index contributed by atoms with van der Waals surface area (Å²) in [6.45, 7) is 5.86. The summed E-state index contributed by atoms with van der Waals surface area (Å²) in [4.78, 5) is 40.4. The Balaban J connectivity index is 0.971. The van der Waals surface area contributed by atoms with Crippen LogP contribution in [-0.2, 0) is 27.6 Å². The number of ether oxygens (including phenoxy) is 1. The molecule has 0 aliphatic carbocycles.